The number of hydrogen-bond donors (Lipinski definition) is 0. The summed E-state index contributed by atoms with van der Waals surface area (Å²) in [5, 5.41) is 0. The van der Waals surface area contributed by atoms with E-state index in [1.54, 1.807) is 0 Å². The predicted molar refractivity (Wildman–Crippen MR) is 49.3 cm³/mol. The normalized spacial score (nSPS) is 13.7. The van der Waals surface area contributed by atoms with Crippen molar-refractivity contribution >= 4 is 10.1 Å². The topological polar surface area (TPSA) is 57.2 Å². The molecule has 0 fully saturated rings. The van der Waals surface area contributed by atoms with Crippen molar-refractivity contribution in [3.63, 3.8) is 0 Å². The minimum atomic E-state index is -6.63. The van der Waals surface area contributed by atoms with Crippen molar-refractivity contribution < 1.29 is 73.3 Å². The van der Waals surface area contributed by atoms with Gasteiger partial charge in [-0.1, -0.05) is 18.2 Å². The Balaban J connectivity index is 0.00000400. The zero-order valence-corrected chi connectivity index (χ0v) is 12.9. The molecule has 0 aliphatic heterocycles. The molecule has 21 heavy (non-hydrogen) atoms. The van der Waals surface area contributed by atoms with Gasteiger partial charge in [-0.15, -0.1) is 0 Å². The van der Waals surface area contributed by atoms with Crippen LogP contribution in [0.2, 0.25) is 0 Å². The summed E-state index contributed by atoms with van der Waals surface area (Å²) in [6, 6.07) is 1.57. The molecule has 0 saturated heterocycles. The molecule has 0 saturated carbocycles. The zero-order valence-electron chi connectivity index (χ0n) is 10.1. The molecule has 0 aromatic heterocycles. The fourth-order valence-corrected chi connectivity index (χ4v) is 2.00. The second kappa shape index (κ2) is 6.03. The van der Waals surface area contributed by atoms with Crippen LogP contribution in [0.1, 0.15) is 5.56 Å². The van der Waals surface area contributed by atoms with Crippen LogP contribution >= 0.6 is 0 Å². The molecular formula is C9H4F7NaO3S. The molecule has 114 valence electrons. The Morgan fingerprint density at radius 2 is 1.33 bits per heavy atom. The second-order valence-electron chi connectivity index (χ2n) is 3.60. The first-order valence-corrected chi connectivity index (χ1v) is 6.01. The summed E-state index contributed by atoms with van der Waals surface area (Å²) in [4.78, 5) is -1.84. The van der Waals surface area contributed by atoms with Crippen LogP contribution in [0.15, 0.2) is 29.2 Å². The molecule has 0 bridgehead atoms. The standard InChI is InChI=1S/C9H5F7O3S.Na/c10-7(11,8(12,13)9(14,15)16)5-3-1-2-4-6(5)20(17,18)19;/h1-4H,(H,17,18,19);/q;+1/p-1. The first-order chi connectivity index (χ1) is 8.73. The fraction of sp³-hybridized carbons (Fsp3) is 0.333. The quantitative estimate of drug-likeness (QED) is 0.435. The largest absolute Gasteiger partial charge is 1.00 e. The fourth-order valence-electron chi connectivity index (χ4n) is 1.29. The van der Waals surface area contributed by atoms with Crippen LogP contribution in [0.4, 0.5) is 30.7 Å². The summed E-state index contributed by atoms with van der Waals surface area (Å²) in [7, 11) is -5.65. The van der Waals surface area contributed by atoms with Gasteiger partial charge < -0.3 is 4.55 Å². The molecule has 0 atom stereocenters. The van der Waals surface area contributed by atoms with Crippen molar-refractivity contribution in [2.45, 2.75) is 22.9 Å². The summed E-state index contributed by atoms with van der Waals surface area (Å²) < 4.78 is 120. The Morgan fingerprint density at radius 3 is 1.71 bits per heavy atom. The predicted octanol–water partition coefficient (Wildman–Crippen LogP) is -0.116. The minimum Gasteiger partial charge on any atom is -0.744 e. The van der Waals surface area contributed by atoms with E-state index < -0.39 is 38.6 Å². The van der Waals surface area contributed by atoms with E-state index >= 15 is 0 Å². The summed E-state index contributed by atoms with van der Waals surface area (Å²) in [5.41, 5.74) is -2.21. The Morgan fingerprint density at radius 1 is 0.905 bits per heavy atom. The number of hydrogen-bond acceptors (Lipinski definition) is 3. The van der Waals surface area contributed by atoms with E-state index in [2.05, 4.69) is 0 Å². The van der Waals surface area contributed by atoms with Crippen molar-refractivity contribution in [1.82, 2.24) is 0 Å². The summed E-state index contributed by atoms with van der Waals surface area (Å²) >= 11 is 0. The van der Waals surface area contributed by atoms with E-state index in [-0.39, 0.29) is 41.7 Å². The molecule has 0 spiro atoms. The van der Waals surface area contributed by atoms with Crippen molar-refractivity contribution in [2.24, 2.45) is 0 Å². The minimum absolute atomic E-state index is 0. The van der Waals surface area contributed by atoms with Crippen LogP contribution in [0, 0.1) is 0 Å². The summed E-state index contributed by atoms with van der Waals surface area (Å²) in [6.45, 7) is 0. The van der Waals surface area contributed by atoms with E-state index in [4.69, 9.17) is 0 Å². The maximum Gasteiger partial charge on any atom is 1.00 e. The van der Waals surface area contributed by atoms with Crippen molar-refractivity contribution in [2.75, 3.05) is 0 Å². The number of alkyl halides is 7. The molecule has 0 amide bonds. The van der Waals surface area contributed by atoms with Crippen LogP contribution in [-0.2, 0) is 16.0 Å². The molecule has 0 N–H and O–H groups in total. The first-order valence-electron chi connectivity index (χ1n) is 4.60. The molecule has 1 rings (SSSR count). The Labute approximate surface area is 136 Å². The third kappa shape index (κ3) is 3.70. The van der Waals surface area contributed by atoms with Crippen LogP contribution in [0.25, 0.3) is 0 Å². The maximum absolute atomic E-state index is 13.3. The van der Waals surface area contributed by atoms with Gasteiger partial charge in [-0.2, -0.15) is 30.7 Å². The van der Waals surface area contributed by atoms with Gasteiger partial charge >= 0.3 is 47.6 Å². The van der Waals surface area contributed by atoms with Crippen LogP contribution < -0.4 is 29.6 Å². The molecule has 0 heterocycles. The number of halogens is 7. The molecule has 0 aliphatic rings. The van der Waals surface area contributed by atoms with Gasteiger partial charge in [-0.05, 0) is 6.07 Å². The van der Waals surface area contributed by atoms with Gasteiger partial charge in [0, 0.05) is 5.56 Å². The van der Waals surface area contributed by atoms with Gasteiger partial charge in [-0.25, -0.2) is 8.42 Å². The van der Waals surface area contributed by atoms with E-state index in [9.17, 15) is 43.7 Å². The first kappa shape index (κ1) is 20.6. The molecule has 1 aromatic rings. The van der Waals surface area contributed by atoms with E-state index in [0.717, 1.165) is 6.07 Å². The van der Waals surface area contributed by atoms with E-state index in [1.807, 2.05) is 0 Å². The molecule has 3 nitrogen and oxygen atoms in total. The molecule has 1 aromatic carbocycles. The van der Waals surface area contributed by atoms with E-state index in [0.29, 0.717) is 6.07 Å². The Bertz CT molecular complexity index is 612. The summed E-state index contributed by atoms with van der Waals surface area (Å²) in [5.74, 6) is -12.5. The van der Waals surface area contributed by atoms with Gasteiger partial charge in [-0.3, -0.25) is 0 Å². The van der Waals surface area contributed by atoms with Gasteiger partial charge in [0.25, 0.3) is 0 Å². The monoisotopic (exact) mass is 348 g/mol. The Hall–Kier alpha value is -0.360. The Kier molecular flexibility index (Phi) is 5.93. The average Bonchev–Trinajstić information content (AvgIpc) is 2.26. The average molecular weight is 348 g/mol. The van der Waals surface area contributed by atoms with Gasteiger partial charge in [0.15, 0.2) is 0 Å². The van der Waals surface area contributed by atoms with E-state index in [1.165, 1.54) is 0 Å². The van der Waals surface area contributed by atoms with Crippen molar-refractivity contribution in [3.05, 3.63) is 29.8 Å². The van der Waals surface area contributed by atoms with Crippen LogP contribution in [0.5, 0.6) is 0 Å². The molecular weight excluding hydrogens is 344 g/mol. The van der Waals surface area contributed by atoms with Crippen LogP contribution in [0.3, 0.4) is 0 Å². The summed E-state index contributed by atoms with van der Waals surface area (Å²) in [6.07, 6.45) is -6.63. The third-order valence-electron chi connectivity index (χ3n) is 2.25. The van der Waals surface area contributed by atoms with Crippen molar-refractivity contribution in [1.29, 1.82) is 0 Å². The zero-order chi connectivity index (χ0) is 16.0. The number of benzene rings is 1. The second-order valence-corrected chi connectivity index (χ2v) is 4.94. The van der Waals surface area contributed by atoms with Gasteiger partial charge in [0.2, 0.25) is 0 Å². The molecule has 12 heteroatoms. The van der Waals surface area contributed by atoms with Gasteiger partial charge in [0.1, 0.15) is 10.1 Å². The van der Waals surface area contributed by atoms with Crippen LogP contribution in [-0.4, -0.2) is 25.1 Å². The van der Waals surface area contributed by atoms with Gasteiger partial charge in [0.05, 0.1) is 4.90 Å². The molecule has 0 unspecified atom stereocenters. The molecule has 0 aliphatic carbocycles. The molecule has 0 radical (unpaired) electrons. The smallest absolute Gasteiger partial charge is 0.744 e. The van der Waals surface area contributed by atoms with Crippen molar-refractivity contribution in [3.8, 4) is 0 Å². The maximum atomic E-state index is 13.3. The third-order valence-corrected chi connectivity index (χ3v) is 3.14. The number of rotatable bonds is 3. The SMILES string of the molecule is O=S(=O)([O-])c1ccccc1C(F)(F)C(F)(F)C(F)(F)F.[Na+].